The molecule has 5 rings (SSSR count). The van der Waals surface area contributed by atoms with Crippen LogP contribution in [-0.4, -0.2) is 92.3 Å². The number of carbonyl (C=O) groups excluding carboxylic acids is 2. The molecule has 0 N–H and O–H groups in total. The fourth-order valence-corrected chi connectivity index (χ4v) is 5.74. The van der Waals surface area contributed by atoms with Crippen molar-refractivity contribution in [1.29, 1.82) is 0 Å². The third kappa shape index (κ3) is 8.99. The molecule has 0 bridgehead atoms. The Morgan fingerprint density at radius 3 is 2.49 bits per heavy atom. The fourth-order valence-electron chi connectivity index (χ4n) is 5.62. The standard InChI is InChI=1S/C33H39ClF3N7O5/c1-19(2)44(18-27(36)37)30(45)22-16-20(35)6-7-25(22)48-29-28(39-31(34)41-40-29)42-13-9-21(10-14-42)47-26-8-12-38-24-11-15-43(17-23(24)26)32(46)49-33(3,4)5/h6-8,12,16,19,21,27H,9-11,13-15,17-18H2,1-5H3. The highest BCUT2D eigenvalue weighted by atomic mass is 35.5. The molecule has 0 aliphatic carbocycles. The van der Waals surface area contributed by atoms with Gasteiger partial charge < -0.3 is 28.9 Å². The molecule has 16 heteroatoms. The molecule has 2 aliphatic heterocycles. The third-order valence-corrected chi connectivity index (χ3v) is 8.13. The molecule has 0 unspecified atom stereocenters. The van der Waals surface area contributed by atoms with Gasteiger partial charge in [-0.05, 0) is 70.5 Å². The lowest BCUT2D eigenvalue weighted by atomic mass is 10.0. The van der Waals surface area contributed by atoms with Crippen LogP contribution >= 0.6 is 11.6 Å². The molecule has 0 spiro atoms. The van der Waals surface area contributed by atoms with Crippen LogP contribution in [0.15, 0.2) is 30.5 Å². The third-order valence-electron chi connectivity index (χ3n) is 7.97. The van der Waals surface area contributed by atoms with E-state index < -0.39 is 36.3 Å². The second kappa shape index (κ2) is 15.0. The van der Waals surface area contributed by atoms with E-state index in [4.69, 9.17) is 25.8 Å². The largest absolute Gasteiger partial charge is 0.490 e. The highest BCUT2D eigenvalue weighted by Gasteiger charge is 2.31. The number of ether oxygens (including phenoxy) is 3. The maximum absolute atomic E-state index is 14.3. The number of rotatable bonds is 9. The summed E-state index contributed by atoms with van der Waals surface area (Å²) < 4.78 is 58.9. The lowest BCUT2D eigenvalue weighted by Crippen LogP contribution is -2.41. The average molecular weight is 706 g/mol. The number of hydrogen-bond acceptors (Lipinski definition) is 10. The molecule has 0 saturated carbocycles. The van der Waals surface area contributed by atoms with Gasteiger partial charge in [-0.1, -0.05) is 0 Å². The normalized spacial score (nSPS) is 15.3. The Bertz CT molecular complexity index is 1670. The summed E-state index contributed by atoms with van der Waals surface area (Å²) in [4.78, 5) is 39.4. The molecule has 49 heavy (non-hydrogen) atoms. The van der Waals surface area contributed by atoms with Gasteiger partial charge in [0.15, 0.2) is 5.82 Å². The van der Waals surface area contributed by atoms with Crippen molar-refractivity contribution in [2.24, 2.45) is 0 Å². The summed E-state index contributed by atoms with van der Waals surface area (Å²) in [5.74, 6) is -0.877. The minimum absolute atomic E-state index is 0.0974. The van der Waals surface area contributed by atoms with Gasteiger partial charge in [0.1, 0.15) is 29.0 Å². The Hall–Kier alpha value is -4.40. The molecule has 3 aromatic rings. The molecule has 1 aromatic carbocycles. The quantitative estimate of drug-likeness (QED) is 0.250. The topological polar surface area (TPSA) is 123 Å². The van der Waals surface area contributed by atoms with Crippen molar-refractivity contribution in [2.75, 3.05) is 31.1 Å². The highest BCUT2D eigenvalue weighted by Crippen LogP contribution is 2.35. The van der Waals surface area contributed by atoms with E-state index in [1.807, 2.05) is 25.7 Å². The van der Waals surface area contributed by atoms with Crippen LogP contribution < -0.4 is 14.4 Å². The highest BCUT2D eigenvalue weighted by molar-refractivity contribution is 6.28. The van der Waals surface area contributed by atoms with Gasteiger partial charge in [-0.3, -0.25) is 9.78 Å². The molecule has 2 aromatic heterocycles. The smallest absolute Gasteiger partial charge is 0.410 e. The first kappa shape index (κ1) is 35.9. The van der Waals surface area contributed by atoms with Crippen LogP contribution in [0.25, 0.3) is 0 Å². The number of halogens is 4. The summed E-state index contributed by atoms with van der Waals surface area (Å²) in [5, 5.41) is 7.70. The predicted octanol–water partition coefficient (Wildman–Crippen LogP) is 6.31. The number of hydrogen-bond donors (Lipinski definition) is 0. The van der Waals surface area contributed by atoms with Crippen LogP contribution in [0.3, 0.4) is 0 Å². The zero-order valence-corrected chi connectivity index (χ0v) is 28.7. The van der Waals surface area contributed by atoms with Crippen LogP contribution in [-0.2, 0) is 17.7 Å². The van der Waals surface area contributed by atoms with Crippen molar-refractivity contribution in [3.05, 3.63) is 58.4 Å². The van der Waals surface area contributed by atoms with Crippen molar-refractivity contribution in [1.82, 2.24) is 30.0 Å². The fraction of sp³-hybridized carbons (Fsp3) is 0.515. The zero-order valence-electron chi connectivity index (χ0n) is 28.0. The van der Waals surface area contributed by atoms with Crippen LogP contribution in [0.5, 0.6) is 17.4 Å². The van der Waals surface area contributed by atoms with Crippen LogP contribution in [0, 0.1) is 5.82 Å². The molecule has 264 valence electrons. The van der Waals surface area contributed by atoms with E-state index in [9.17, 15) is 22.8 Å². The van der Waals surface area contributed by atoms with Crippen molar-refractivity contribution in [2.45, 2.75) is 84.6 Å². The van der Waals surface area contributed by atoms with E-state index in [1.165, 1.54) is 6.07 Å². The number of fused-ring (bicyclic) bond motifs is 1. The van der Waals surface area contributed by atoms with Crippen molar-refractivity contribution >= 4 is 29.4 Å². The summed E-state index contributed by atoms with van der Waals surface area (Å²) in [5.41, 5.74) is 0.856. The predicted molar refractivity (Wildman–Crippen MR) is 174 cm³/mol. The molecule has 2 amide bonds. The summed E-state index contributed by atoms with van der Waals surface area (Å²) in [6.07, 6.45) is 0.0809. The van der Waals surface area contributed by atoms with Gasteiger partial charge in [-0.2, -0.15) is 4.98 Å². The minimum atomic E-state index is -2.79. The van der Waals surface area contributed by atoms with E-state index in [1.54, 1.807) is 31.0 Å². The second-order valence-corrected chi connectivity index (χ2v) is 13.4. The number of pyridine rings is 1. The SMILES string of the molecule is CC(C)N(CC(F)F)C(=O)c1cc(F)ccc1Oc1nnc(Cl)nc1N1CCC(Oc2ccnc3c2CN(C(=O)OC(C)(C)C)CC3)CC1. The van der Waals surface area contributed by atoms with Crippen molar-refractivity contribution < 1.29 is 37.0 Å². The van der Waals surface area contributed by atoms with Gasteiger partial charge in [-0.25, -0.2) is 18.0 Å². The first-order valence-corrected chi connectivity index (χ1v) is 16.4. The summed E-state index contributed by atoms with van der Waals surface area (Å²) in [6, 6.07) is 4.46. The number of nitrogens with zero attached hydrogens (tertiary/aromatic N) is 7. The first-order chi connectivity index (χ1) is 23.2. The number of piperidine rings is 1. The van der Waals surface area contributed by atoms with Gasteiger partial charge >= 0.3 is 6.09 Å². The van der Waals surface area contributed by atoms with Gasteiger partial charge in [0.05, 0.1) is 24.3 Å². The summed E-state index contributed by atoms with van der Waals surface area (Å²) >= 11 is 6.12. The van der Waals surface area contributed by atoms with Crippen LogP contribution in [0.4, 0.5) is 23.8 Å². The average Bonchev–Trinajstić information content (AvgIpc) is 3.04. The Morgan fingerprint density at radius 1 is 1.08 bits per heavy atom. The number of carbonyl (C=O) groups is 2. The molecular weight excluding hydrogens is 667 g/mol. The van der Waals surface area contributed by atoms with Gasteiger partial charge in [0.2, 0.25) is 5.28 Å². The second-order valence-electron chi connectivity index (χ2n) is 13.1. The Balaban J connectivity index is 1.30. The van der Waals surface area contributed by atoms with Gasteiger partial charge in [0, 0.05) is 56.7 Å². The van der Waals surface area contributed by atoms with Crippen LogP contribution in [0.1, 0.15) is 69.1 Å². The van der Waals surface area contributed by atoms with Gasteiger partial charge in [0.25, 0.3) is 18.2 Å². The number of aromatic nitrogens is 4. The van der Waals surface area contributed by atoms with Gasteiger partial charge in [-0.15, -0.1) is 10.2 Å². The molecule has 2 aliphatic rings. The Kier molecular flexibility index (Phi) is 11.0. The van der Waals surface area contributed by atoms with Crippen molar-refractivity contribution in [3.63, 3.8) is 0 Å². The maximum Gasteiger partial charge on any atom is 0.410 e. The summed E-state index contributed by atoms with van der Waals surface area (Å²) in [7, 11) is 0. The number of alkyl halides is 2. The summed E-state index contributed by atoms with van der Waals surface area (Å²) in [6.45, 7) is 9.55. The molecule has 4 heterocycles. The van der Waals surface area contributed by atoms with E-state index in [2.05, 4.69) is 20.2 Å². The molecule has 0 atom stereocenters. The Morgan fingerprint density at radius 2 is 1.82 bits per heavy atom. The molecule has 12 nitrogen and oxygen atoms in total. The molecule has 0 radical (unpaired) electrons. The van der Waals surface area contributed by atoms with E-state index in [-0.39, 0.29) is 40.5 Å². The van der Waals surface area contributed by atoms with Crippen molar-refractivity contribution in [3.8, 4) is 17.4 Å². The molecule has 1 fully saturated rings. The lowest BCUT2D eigenvalue weighted by Gasteiger charge is -2.35. The lowest BCUT2D eigenvalue weighted by molar-refractivity contribution is 0.0219. The Labute approximate surface area is 287 Å². The number of benzene rings is 1. The maximum atomic E-state index is 14.3. The number of anilines is 1. The van der Waals surface area contributed by atoms with E-state index in [0.717, 1.165) is 28.3 Å². The first-order valence-electron chi connectivity index (χ1n) is 16.0. The minimum Gasteiger partial charge on any atom is -0.490 e. The number of amides is 2. The van der Waals surface area contributed by atoms with E-state index >= 15 is 0 Å². The van der Waals surface area contributed by atoms with E-state index in [0.29, 0.717) is 51.2 Å². The van der Waals surface area contributed by atoms with Crippen LogP contribution in [0.2, 0.25) is 5.28 Å². The molecule has 1 saturated heterocycles. The monoisotopic (exact) mass is 705 g/mol. The zero-order chi connectivity index (χ0) is 35.5. The molecular formula is C33H39ClF3N7O5.